The number of piperazine rings is 1. The second kappa shape index (κ2) is 7.08. The minimum atomic E-state index is -0.338. The third kappa shape index (κ3) is 4.76. The molecule has 1 aliphatic rings. The number of hydrogen-bond donors (Lipinski definition) is 1. The van der Waals surface area contributed by atoms with Gasteiger partial charge in [-0.05, 0) is 39.4 Å². The summed E-state index contributed by atoms with van der Waals surface area (Å²) in [6.45, 7) is 12.1. The SMILES string of the molecule is CCN1CCN(C(=O)c2ccnc(C(=O)NC(C)(C)C)c2)CC1. The number of amides is 2. The quantitative estimate of drug-likeness (QED) is 0.914. The summed E-state index contributed by atoms with van der Waals surface area (Å²) in [5, 5.41) is 2.86. The van der Waals surface area contributed by atoms with Gasteiger partial charge in [-0.3, -0.25) is 14.6 Å². The maximum Gasteiger partial charge on any atom is 0.270 e. The van der Waals surface area contributed by atoms with Gasteiger partial charge in [0.1, 0.15) is 5.69 Å². The van der Waals surface area contributed by atoms with E-state index in [0.717, 1.165) is 32.7 Å². The van der Waals surface area contributed by atoms with Crippen LogP contribution in [0.2, 0.25) is 0 Å². The van der Waals surface area contributed by atoms with Gasteiger partial charge in [-0.15, -0.1) is 0 Å². The van der Waals surface area contributed by atoms with Crippen molar-refractivity contribution in [3.63, 3.8) is 0 Å². The smallest absolute Gasteiger partial charge is 0.270 e. The van der Waals surface area contributed by atoms with Crippen molar-refractivity contribution in [2.24, 2.45) is 0 Å². The van der Waals surface area contributed by atoms with Crippen molar-refractivity contribution in [1.82, 2.24) is 20.1 Å². The number of nitrogens with zero attached hydrogens (tertiary/aromatic N) is 3. The second-order valence-electron chi connectivity index (χ2n) is 6.86. The van der Waals surface area contributed by atoms with E-state index in [1.807, 2.05) is 25.7 Å². The highest BCUT2D eigenvalue weighted by Crippen LogP contribution is 2.10. The number of rotatable bonds is 3. The van der Waals surface area contributed by atoms with Crippen LogP contribution in [-0.4, -0.2) is 64.9 Å². The topological polar surface area (TPSA) is 65.5 Å². The molecule has 0 spiro atoms. The van der Waals surface area contributed by atoms with Gasteiger partial charge in [0.2, 0.25) is 0 Å². The Bertz CT molecular complexity index is 572. The van der Waals surface area contributed by atoms with Crippen LogP contribution in [0.1, 0.15) is 48.5 Å². The van der Waals surface area contributed by atoms with E-state index in [4.69, 9.17) is 0 Å². The Labute approximate surface area is 137 Å². The molecule has 1 aliphatic heterocycles. The predicted molar refractivity (Wildman–Crippen MR) is 89.5 cm³/mol. The number of aromatic nitrogens is 1. The highest BCUT2D eigenvalue weighted by molar-refractivity contribution is 5.98. The molecule has 0 aliphatic carbocycles. The molecule has 1 saturated heterocycles. The fourth-order valence-corrected chi connectivity index (χ4v) is 2.54. The first-order valence-electron chi connectivity index (χ1n) is 8.10. The van der Waals surface area contributed by atoms with E-state index in [9.17, 15) is 9.59 Å². The van der Waals surface area contributed by atoms with Gasteiger partial charge in [0, 0.05) is 43.5 Å². The van der Waals surface area contributed by atoms with Crippen LogP contribution >= 0.6 is 0 Å². The molecule has 0 aromatic carbocycles. The fraction of sp³-hybridized carbons (Fsp3) is 0.588. The molecule has 1 N–H and O–H groups in total. The molecule has 1 aromatic heterocycles. The molecule has 23 heavy (non-hydrogen) atoms. The van der Waals surface area contributed by atoms with Crippen LogP contribution < -0.4 is 5.32 Å². The predicted octanol–water partition coefficient (Wildman–Crippen LogP) is 1.39. The number of hydrogen-bond acceptors (Lipinski definition) is 4. The average molecular weight is 318 g/mol. The number of carbonyl (C=O) groups excluding carboxylic acids is 2. The minimum absolute atomic E-state index is 0.0343. The van der Waals surface area contributed by atoms with Crippen molar-refractivity contribution in [2.45, 2.75) is 33.2 Å². The maximum atomic E-state index is 12.6. The van der Waals surface area contributed by atoms with Crippen LogP contribution in [0.5, 0.6) is 0 Å². The summed E-state index contributed by atoms with van der Waals surface area (Å²) < 4.78 is 0. The summed E-state index contributed by atoms with van der Waals surface area (Å²) in [6.07, 6.45) is 1.52. The van der Waals surface area contributed by atoms with Crippen molar-refractivity contribution < 1.29 is 9.59 Å². The summed E-state index contributed by atoms with van der Waals surface area (Å²) in [4.78, 5) is 33.0. The van der Waals surface area contributed by atoms with E-state index in [1.54, 1.807) is 12.1 Å². The molecule has 2 amide bonds. The molecule has 0 atom stereocenters. The first-order valence-corrected chi connectivity index (χ1v) is 8.10. The van der Waals surface area contributed by atoms with Crippen LogP contribution in [0, 0.1) is 0 Å². The van der Waals surface area contributed by atoms with E-state index >= 15 is 0 Å². The zero-order chi connectivity index (χ0) is 17.0. The maximum absolute atomic E-state index is 12.6. The molecule has 1 fully saturated rings. The van der Waals surface area contributed by atoms with Crippen LogP contribution in [0.3, 0.4) is 0 Å². The van der Waals surface area contributed by atoms with E-state index < -0.39 is 0 Å². The second-order valence-corrected chi connectivity index (χ2v) is 6.86. The lowest BCUT2D eigenvalue weighted by atomic mass is 10.1. The van der Waals surface area contributed by atoms with E-state index in [1.165, 1.54) is 6.20 Å². The van der Waals surface area contributed by atoms with Crippen molar-refractivity contribution in [3.8, 4) is 0 Å². The van der Waals surface area contributed by atoms with Gasteiger partial charge in [0.25, 0.3) is 11.8 Å². The van der Waals surface area contributed by atoms with Gasteiger partial charge in [0.05, 0.1) is 0 Å². The van der Waals surface area contributed by atoms with E-state index in [-0.39, 0.29) is 23.0 Å². The summed E-state index contributed by atoms with van der Waals surface area (Å²) in [5.74, 6) is -0.295. The summed E-state index contributed by atoms with van der Waals surface area (Å²) in [6, 6.07) is 3.25. The Balaban J connectivity index is 2.07. The standard InChI is InChI=1S/C17H26N4O2/c1-5-20-8-10-21(11-9-20)16(23)13-6-7-18-14(12-13)15(22)19-17(2,3)4/h6-7,12H,5,8-11H2,1-4H3,(H,19,22). The lowest BCUT2D eigenvalue weighted by Gasteiger charge is -2.34. The normalized spacial score (nSPS) is 16.3. The van der Waals surface area contributed by atoms with Crippen molar-refractivity contribution in [2.75, 3.05) is 32.7 Å². The van der Waals surface area contributed by atoms with Gasteiger partial charge in [0.15, 0.2) is 0 Å². The largest absolute Gasteiger partial charge is 0.346 e. The lowest BCUT2D eigenvalue weighted by Crippen LogP contribution is -2.48. The lowest BCUT2D eigenvalue weighted by molar-refractivity contribution is 0.0643. The molecule has 0 unspecified atom stereocenters. The summed E-state index contributed by atoms with van der Waals surface area (Å²) in [5.41, 5.74) is 0.455. The van der Waals surface area contributed by atoms with Crippen LogP contribution in [0.15, 0.2) is 18.3 Å². The van der Waals surface area contributed by atoms with Gasteiger partial charge >= 0.3 is 0 Å². The van der Waals surface area contributed by atoms with E-state index in [2.05, 4.69) is 22.1 Å². The summed E-state index contributed by atoms with van der Waals surface area (Å²) in [7, 11) is 0. The molecular weight excluding hydrogens is 292 g/mol. The Morgan fingerprint density at radius 2 is 1.87 bits per heavy atom. The van der Waals surface area contributed by atoms with Crippen LogP contribution in [-0.2, 0) is 0 Å². The van der Waals surface area contributed by atoms with Crippen molar-refractivity contribution in [3.05, 3.63) is 29.6 Å². The van der Waals surface area contributed by atoms with Gasteiger partial charge in [-0.1, -0.05) is 6.92 Å². The summed E-state index contributed by atoms with van der Waals surface area (Å²) >= 11 is 0. The molecule has 2 rings (SSSR count). The first kappa shape index (κ1) is 17.4. The highest BCUT2D eigenvalue weighted by atomic mass is 16.2. The highest BCUT2D eigenvalue weighted by Gasteiger charge is 2.23. The number of carbonyl (C=O) groups is 2. The monoisotopic (exact) mass is 318 g/mol. The zero-order valence-corrected chi connectivity index (χ0v) is 14.4. The van der Waals surface area contributed by atoms with Crippen molar-refractivity contribution in [1.29, 1.82) is 0 Å². The molecule has 1 aromatic rings. The Morgan fingerprint density at radius 3 is 2.43 bits per heavy atom. The Hall–Kier alpha value is -1.95. The van der Waals surface area contributed by atoms with Gasteiger partial charge in [-0.25, -0.2) is 0 Å². The van der Waals surface area contributed by atoms with E-state index in [0.29, 0.717) is 5.56 Å². The first-order chi connectivity index (χ1) is 10.8. The number of pyridine rings is 1. The van der Waals surface area contributed by atoms with Gasteiger partial charge < -0.3 is 15.1 Å². The fourth-order valence-electron chi connectivity index (χ4n) is 2.54. The molecule has 6 heteroatoms. The molecule has 126 valence electrons. The third-order valence-corrected chi connectivity index (χ3v) is 3.83. The Kier molecular flexibility index (Phi) is 5.36. The third-order valence-electron chi connectivity index (χ3n) is 3.83. The van der Waals surface area contributed by atoms with Crippen molar-refractivity contribution >= 4 is 11.8 Å². The molecule has 0 saturated carbocycles. The number of nitrogens with one attached hydrogen (secondary N) is 1. The van der Waals surface area contributed by atoms with Gasteiger partial charge in [-0.2, -0.15) is 0 Å². The van der Waals surface area contributed by atoms with Crippen LogP contribution in [0.25, 0.3) is 0 Å². The zero-order valence-electron chi connectivity index (χ0n) is 14.4. The molecular formula is C17H26N4O2. The molecule has 6 nitrogen and oxygen atoms in total. The molecule has 0 radical (unpaired) electrons. The average Bonchev–Trinajstić information content (AvgIpc) is 2.53. The number of likely N-dealkylation sites (N-methyl/N-ethyl adjacent to an activating group) is 1. The van der Waals surface area contributed by atoms with Crippen LogP contribution in [0.4, 0.5) is 0 Å². The minimum Gasteiger partial charge on any atom is -0.346 e. The Morgan fingerprint density at radius 1 is 1.22 bits per heavy atom. The molecule has 0 bridgehead atoms. The molecule has 2 heterocycles.